The lowest BCUT2D eigenvalue weighted by Crippen LogP contribution is -2.02. The summed E-state index contributed by atoms with van der Waals surface area (Å²) in [7, 11) is 0. The van der Waals surface area contributed by atoms with Crippen molar-refractivity contribution in [2.24, 2.45) is 0 Å². The highest BCUT2D eigenvalue weighted by Gasteiger charge is 2.08. The molecule has 16 heavy (non-hydrogen) atoms. The Balaban J connectivity index is 2.67. The van der Waals surface area contributed by atoms with Gasteiger partial charge in [0.25, 0.3) is 5.69 Å². The van der Waals surface area contributed by atoms with Crippen molar-refractivity contribution >= 4 is 34.0 Å². The summed E-state index contributed by atoms with van der Waals surface area (Å²) in [4.78, 5) is 10.1. The van der Waals surface area contributed by atoms with Gasteiger partial charge in [-0.1, -0.05) is 0 Å². The minimum atomic E-state index is -0.394. The molecule has 4 nitrogen and oxygen atoms in total. The Bertz CT molecular complexity index is 449. The second-order valence-electron chi connectivity index (χ2n) is 3.02. The van der Waals surface area contributed by atoms with Crippen LogP contribution in [0.15, 0.2) is 18.2 Å². The first-order chi connectivity index (χ1) is 7.65. The van der Waals surface area contributed by atoms with E-state index in [0.29, 0.717) is 0 Å². The first kappa shape index (κ1) is 12.8. The van der Waals surface area contributed by atoms with Crippen LogP contribution in [0.2, 0.25) is 0 Å². The van der Waals surface area contributed by atoms with Crippen LogP contribution in [0.1, 0.15) is 13.3 Å². The van der Waals surface area contributed by atoms with Crippen molar-refractivity contribution in [3.8, 4) is 11.8 Å². The molecule has 0 radical (unpaired) electrons. The van der Waals surface area contributed by atoms with Crippen LogP contribution in [0.25, 0.3) is 0 Å². The second-order valence-corrected chi connectivity index (χ2v) is 4.19. The SMILES string of the molecule is CC#CCCNc1ccc([N+](=O)[O-])cc1I. The Kier molecular flexibility index (Phi) is 5.05. The fourth-order valence-electron chi connectivity index (χ4n) is 1.15. The number of nitrogens with one attached hydrogen (secondary N) is 1. The summed E-state index contributed by atoms with van der Waals surface area (Å²) in [5, 5.41) is 13.7. The predicted octanol–water partition coefficient (Wildman–Crippen LogP) is 3.02. The molecule has 0 saturated carbocycles. The number of nitro benzene ring substituents is 1. The van der Waals surface area contributed by atoms with Crippen LogP contribution in [-0.2, 0) is 0 Å². The monoisotopic (exact) mass is 330 g/mol. The van der Waals surface area contributed by atoms with Gasteiger partial charge in [0.1, 0.15) is 0 Å². The summed E-state index contributed by atoms with van der Waals surface area (Å²) >= 11 is 2.08. The second kappa shape index (κ2) is 6.33. The molecular formula is C11H11IN2O2. The number of nitro groups is 1. The summed E-state index contributed by atoms with van der Waals surface area (Å²) in [6.45, 7) is 2.55. The molecule has 0 heterocycles. The molecule has 5 heteroatoms. The van der Waals surface area contributed by atoms with E-state index in [9.17, 15) is 10.1 Å². The van der Waals surface area contributed by atoms with Gasteiger partial charge in [-0.3, -0.25) is 10.1 Å². The average Bonchev–Trinajstić information content (AvgIpc) is 2.26. The van der Waals surface area contributed by atoms with Crippen LogP contribution in [0.3, 0.4) is 0 Å². The van der Waals surface area contributed by atoms with E-state index in [1.165, 1.54) is 6.07 Å². The largest absolute Gasteiger partial charge is 0.383 e. The minimum Gasteiger partial charge on any atom is -0.383 e. The highest BCUT2D eigenvalue weighted by molar-refractivity contribution is 14.1. The molecule has 0 fully saturated rings. The van der Waals surface area contributed by atoms with Crippen molar-refractivity contribution in [1.82, 2.24) is 0 Å². The number of non-ortho nitro benzene ring substituents is 1. The molecule has 84 valence electrons. The van der Waals surface area contributed by atoms with Crippen molar-refractivity contribution in [2.45, 2.75) is 13.3 Å². The lowest BCUT2D eigenvalue weighted by Gasteiger charge is -2.06. The van der Waals surface area contributed by atoms with Gasteiger partial charge in [0.15, 0.2) is 0 Å². The number of anilines is 1. The smallest absolute Gasteiger partial charge is 0.270 e. The molecule has 0 spiro atoms. The molecule has 0 saturated heterocycles. The third-order valence-corrected chi connectivity index (χ3v) is 2.80. The first-order valence-corrected chi connectivity index (χ1v) is 5.80. The van der Waals surface area contributed by atoms with Gasteiger partial charge in [-0.15, -0.1) is 11.8 Å². The number of nitrogens with zero attached hydrogens (tertiary/aromatic N) is 1. The van der Waals surface area contributed by atoms with E-state index in [-0.39, 0.29) is 5.69 Å². The van der Waals surface area contributed by atoms with Crippen LogP contribution >= 0.6 is 22.6 Å². The Labute approximate surface area is 108 Å². The van der Waals surface area contributed by atoms with Gasteiger partial charge in [-0.25, -0.2) is 0 Å². The topological polar surface area (TPSA) is 55.2 Å². The molecule has 1 aromatic carbocycles. The van der Waals surface area contributed by atoms with Crippen LogP contribution in [0, 0.1) is 25.5 Å². The summed E-state index contributed by atoms with van der Waals surface area (Å²) < 4.78 is 0.844. The van der Waals surface area contributed by atoms with Crippen molar-refractivity contribution in [3.63, 3.8) is 0 Å². The van der Waals surface area contributed by atoms with Crippen molar-refractivity contribution < 1.29 is 4.92 Å². The predicted molar refractivity (Wildman–Crippen MR) is 72.4 cm³/mol. The summed E-state index contributed by atoms with van der Waals surface area (Å²) in [5.74, 6) is 5.76. The first-order valence-electron chi connectivity index (χ1n) is 4.72. The van der Waals surface area contributed by atoms with Crippen molar-refractivity contribution in [1.29, 1.82) is 0 Å². The van der Waals surface area contributed by atoms with Gasteiger partial charge in [-0.05, 0) is 35.6 Å². The standard InChI is InChI=1S/C11H11IN2O2/c1-2-3-4-7-13-11-6-5-9(14(15)16)8-10(11)12/h5-6,8,13H,4,7H2,1H3. The van der Waals surface area contributed by atoms with Gasteiger partial charge in [-0.2, -0.15) is 0 Å². The Hall–Kier alpha value is -1.29. The van der Waals surface area contributed by atoms with E-state index in [1.807, 2.05) is 0 Å². The molecule has 0 aliphatic heterocycles. The molecule has 0 aliphatic carbocycles. The molecule has 1 N–H and O–H groups in total. The zero-order chi connectivity index (χ0) is 12.0. The number of halogens is 1. The highest BCUT2D eigenvalue weighted by Crippen LogP contribution is 2.23. The van der Waals surface area contributed by atoms with Gasteiger partial charge in [0, 0.05) is 34.4 Å². The van der Waals surface area contributed by atoms with Crippen LogP contribution in [-0.4, -0.2) is 11.5 Å². The molecule has 1 rings (SSSR count). The minimum absolute atomic E-state index is 0.114. The normalized spacial score (nSPS) is 9.12. The molecule has 0 unspecified atom stereocenters. The Morgan fingerprint density at radius 3 is 2.88 bits per heavy atom. The van der Waals surface area contributed by atoms with E-state index in [0.717, 1.165) is 22.2 Å². The molecule has 0 aromatic heterocycles. The third-order valence-electron chi connectivity index (χ3n) is 1.91. The van der Waals surface area contributed by atoms with E-state index in [1.54, 1.807) is 19.1 Å². The molecule has 1 aromatic rings. The highest BCUT2D eigenvalue weighted by atomic mass is 127. The van der Waals surface area contributed by atoms with Gasteiger partial charge < -0.3 is 5.32 Å². The zero-order valence-corrected chi connectivity index (χ0v) is 10.9. The fourth-order valence-corrected chi connectivity index (χ4v) is 1.84. The average molecular weight is 330 g/mol. The van der Waals surface area contributed by atoms with Gasteiger partial charge in [0.05, 0.1) is 4.92 Å². The molecule has 0 atom stereocenters. The van der Waals surface area contributed by atoms with E-state index < -0.39 is 4.92 Å². The van der Waals surface area contributed by atoms with Crippen LogP contribution < -0.4 is 5.32 Å². The quantitative estimate of drug-likeness (QED) is 0.304. The molecule has 0 bridgehead atoms. The maximum atomic E-state index is 10.5. The lowest BCUT2D eigenvalue weighted by atomic mass is 10.3. The van der Waals surface area contributed by atoms with E-state index in [2.05, 4.69) is 39.7 Å². The lowest BCUT2D eigenvalue weighted by molar-refractivity contribution is -0.384. The van der Waals surface area contributed by atoms with E-state index >= 15 is 0 Å². The maximum absolute atomic E-state index is 10.5. The molecular weight excluding hydrogens is 319 g/mol. The Morgan fingerprint density at radius 1 is 1.56 bits per heavy atom. The number of benzene rings is 1. The van der Waals surface area contributed by atoms with Crippen LogP contribution in [0.5, 0.6) is 0 Å². The molecule has 0 amide bonds. The number of hydrogen-bond acceptors (Lipinski definition) is 3. The van der Waals surface area contributed by atoms with Crippen LogP contribution in [0.4, 0.5) is 11.4 Å². The maximum Gasteiger partial charge on any atom is 0.270 e. The van der Waals surface area contributed by atoms with Gasteiger partial charge in [0.2, 0.25) is 0 Å². The van der Waals surface area contributed by atoms with Crippen molar-refractivity contribution in [2.75, 3.05) is 11.9 Å². The third kappa shape index (κ3) is 3.70. The molecule has 0 aliphatic rings. The summed E-state index contributed by atoms with van der Waals surface area (Å²) in [6.07, 6.45) is 0.767. The van der Waals surface area contributed by atoms with Gasteiger partial charge >= 0.3 is 0 Å². The summed E-state index contributed by atoms with van der Waals surface area (Å²) in [6, 6.07) is 4.77. The fraction of sp³-hybridized carbons (Fsp3) is 0.273. The Morgan fingerprint density at radius 2 is 2.31 bits per heavy atom. The van der Waals surface area contributed by atoms with E-state index in [4.69, 9.17) is 0 Å². The summed E-state index contributed by atoms with van der Waals surface area (Å²) in [5.41, 5.74) is 1.02. The zero-order valence-electron chi connectivity index (χ0n) is 8.79. The number of hydrogen-bond donors (Lipinski definition) is 1. The number of rotatable bonds is 4. The van der Waals surface area contributed by atoms with Crippen molar-refractivity contribution in [3.05, 3.63) is 31.9 Å².